The summed E-state index contributed by atoms with van der Waals surface area (Å²) in [5, 5.41) is 7.52. The van der Waals surface area contributed by atoms with Crippen LogP contribution in [0.4, 0.5) is 5.13 Å². The van der Waals surface area contributed by atoms with Crippen molar-refractivity contribution in [3.05, 3.63) is 46.5 Å². The number of rotatable bonds is 9. The maximum atomic E-state index is 12.3. The fourth-order valence-corrected chi connectivity index (χ4v) is 3.65. The predicted octanol–water partition coefficient (Wildman–Crippen LogP) is 3.45. The van der Waals surface area contributed by atoms with E-state index in [1.165, 1.54) is 18.3 Å². The number of thiazole rings is 1. The standard InChI is InChI=1S/C21H28N4O3S/c1-13(2)25(14(3)4)11-10-22-20(28)18-12-29-21(23-18)24-19(27)17-8-6-16(7-9-17)15(5)26/h6-9,12-14H,10-11H2,1-5H3,(H,22,28)(H,23,24,27). The molecule has 0 unspecified atom stereocenters. The molecule has 0 radical (unpaired) electrons. The number of nitrogens with zero attached hydrogens (tertiary/aromatic N) is 2. The second kappa shape index (κ2) is 10.3. The first kappa shape index (κ1) is 22.7. The highest BCUT2D eigenvalue weighted by molar-refractivity contribution is 7.14. The SMILES string of the molecule is CC(=O)c1ccc(C(=O)Nc2nc(C(=O)NCCN(C(C)C)C(C)C)cs2)cc1. The van der Waals surface area contributed by atoms with Gasteiger partial charge in [0.15, 0.2) is 10.9 Å². The molecule has 0 spiro atoms. The molecule has 8 heteroatoms. The van der Waals surface area contributed by atoms with E-state index in [1.54, 1.807) is 29.6 Å². The van der Waals surface area contributed by atoms with Gasteiger partial charge in [-0.25, -0.2) is 4.98 Å². The molecule has 0 aliphatic heterocycles. The van der Waals surface area contributed by atoms with Crippen LogP contribution in [0.2, 0.25) is 0 Å². The van der Waals surface area contributed by atoms with Gasteiger partial charge in [0.1, 0.15) is 5.69 Å². The van der Waals surface area contributed by atoms with E-state index in [-0.39, 0.29) is 23.3 Å². The molecule has 1 aromatic heterocycles. The van der Waals surface area contributed by atoms with Crippen LogP contribution in [0.5, 0.6) is 0 Å². The Morgan fingerprint density at radius 3 is 2.14 bits per heavy atom. The second-order valence-electron chi connectivity index (χ2n) is 7.31. The number of hydrogen-bond acceptors (Lipinski definition) is 6. The average molecular weight is 417 g/mol. The van der Waals surface area contributed by atoms with Gasteiger partial charge in [0.2, 0.25) is 0 Å². The summed E-state index contributed by atoms with van der Waals surface area (Å²) in [6, 6.07) is 7.19. The minimum Gasteiger partial charge on any atom is -0.349 e. The number of carbonyl (C=O) groups excluding carboxylic acids is 3. The third-order valence-corrected chi connectivity index (χ3v) is 5.25. The number of carbonyl (C=O) groups is 3. The van der Waals surface area contributed by atoms with E-state index >= 15 is 0 Å². The van der Waals surface area contributed by atoms with Gasteiger partial charge in [-0.05, 0) is 46.8 Å². The third-order valence-electron chi connectivity index (χ3n) is 4.49. The van der Waals surface area contributed by atoms with Crippen molar-refractivity contribution >= 4 is 34.1 Å². The van der Waals surface area contributed by atoms with Crippen molar-refractivity contribution in [3.63, 3.8) is 0 Å². The van der Waals surface area contributed by atoms with Crippen molar-refractivity contribution in [2.75, 3.05) is 18.4 Å². The van der Waals surface area contributed by atoms with Crippen molar-refractivity contribution in [1.29, 1.82) is 0 Å². The molecule has 1 aromatic carbocycles. The fraction of sp³-hybridized carbons (Fsp3) is 0.429. The van der Waals surface area contributed by atoms with Crippen LogP contribution < -0.4 is 10.6 Å². The van der Waals surface area contributed by atoms with Crippen LogP contribution in [-0.4, -0.2) is 52.7 Å². The summed E-state index contributed by atoms with van der Waals surface area (Å²) in [5.74, 6) is -0.664. The Morgan fingerprint density at radius 2 is 1.59 bits per heavy atom. The number of Topliss-reactive ketones (excluding diaryl/α,β-unsaturated/α-hetero) is 1. The van der Waals surface area contributed by atoms with Gasteiger partial charge in [-0.1, -0.05) is 12.1 Å². The largest absolute Gasteiger partial charge is 0.349 e. The number of aromatic nitrogens is 1. The van der Waals surface area contributed by atoms with Gasteiger partial charge in [0.25, 0.3) is 11.8 Å². The van der Waals surface area contributed by atoms with Crippen LogP contribution in [0.1, 0.15) is 65.8 Å². The fourth-order valence-electron chi connectivity index (χ4n) is 2.96. The summed E-state index contributed by atoms with van der Waals surface area (Å²) in [4.78, 5) is 42.4. The molecule has 2 N–H and O–H groups in total. The Morgan fingerprint density at radius 1 is 1.00 bits per heavy atom. The lowest BCUT2D eigenvalue weighted by atomic mass is 10.1. The topological polar surface area (TPSA) is 91.4 Å². The molecule has 156 valence electrons. The van der Waals surface area contributed by atoms with Crippen LogP contribution in [0.25, 0.3) is 0 Å². The van der Waals surface area contributed by atoms with E-state index in [0.717, 1.165) is 6.54 Å². The highest BCUT2D eigenvalue weighted by Crippen LogP contribution is 2.17. The maximum absolute atomic E-state index is 12.3. The normalized spacial score (nSPS) is 11.2. The van der Waals surface area contributed by atoms with E-state index in [2.05, 4.69) is 48.2 Å². The highest BCUT2D eigenvalue weighted by atomic mass is 32.1. The van der Waals surface area contributed by atoms with Gasteiger partial charge in [0.05, 0.1) is 0 Å². The minimum atomic E-state index is -0.342. The average Bonchev–Trinajstić information content (AvgIpc) is 3.13. The molecule has 1 heterocycles. The maximum Gasteiger partial charge on any atom is 0.270 e. The Hall–Kier alpha value is -2.58. The Kier molecular flexibility index (Phi) is 8.04. The van der Waals surface area contributed by atoms with E-state index in [4.69, 9.17) is 0 Å². The minimum absolute atomic E-state index is 0.0579. The number of benzene rings is 1. The van der Waals surface area contributed by atoms with Gasteiger partial charge in [-0.15, -0.1) is 11.3 Å². The van der Waals surface area contributed by atoms with Crippen LogP contribution in [-0.2, 0) is 0 Å². The molecule has 0 aliphatic rings. The number of anilines is 1. The van der Waals surface area contributed by atoms with E-state index in [1.807, 2.05) is 0 Å². The van der Waals surface area contributed by atoms with Gasteiger partial charge >= 0.3 is 0 Å². The van der Waals surface area contributed by atoms with E-state index in [0.29, 0.717) is 34.9 Å². The Balaban J connectivity index is 1.90. The van der Waals surface area contributed by atoms with E-state index < -0.39 is 0 Å². The van der Waals surface area contributed by atoms with E-state index in [9.17, 15) is 14.4 Å². The first-order valence-electron chi connectivity index (χ1n) is 9.61. The second-order valence-corrected chi connectivity index (χ2v) is 8.16. The van der Waals surface area contributed by atoms with Crippen molar-refractivity contribution in [3.8, 4) is 0 Å². The summed E-state index contributed by atoms with van der Waals surface area (Å²) in [6.07, 6.45) is 0. The molecule has 0 saturated carbocycles. The molecule has 0 saturated heterocycles. The zero-order chi connectivity index (χ0) is 21.6. The molecular weight excluding hydrogens is 388 g/mol. The summed E-state index contributed by atoms with van der Waals surface area (Å²) < 4.78 is 0. The number of nitrogens with one attached hydrogen (secondary N) is 2. The molecule has 2 amide bonds. The van der Waals surface area contributed by atoms with Crippen molar-refractivity contribution < 1.29 is 14.4 Å². The molecular formula is C21H28N4O3S. The van der Waals surface area contributed by atoms with Gasteiger partial charge in [-0.2, -0.15) is 0 Å². The molecule has 7 nitrogen and oxygen atoms in total. The number of ketones is 1. The molecule has 2 rings (SSSR count). The predicted molar refractivity (Wildman–Crippen MR) is 116 cm³/mol. The number of hydrogen-bond donors (Lipinski definition) is 2. The zero-order valence-electron chi connectivity index (χ0n) is 17.5. The zero-order valence-corrected chi connectivity index (χ0v) is 18.3. The van der Waals surface area contributed by atoms with Gasteiger partial charge < -0.3 is 5.32 Å². The van der Waals surface area contributed by atoms with Crippen LogP contribution in [0, 0.1) is 0 Å². The molecule has 2 aromatic rings. The Labute approximate surface area is 175 Å². The third kappa shape index (κ3) is 6.47. The smallest absolute Gasteiger partial charge is 0.270 e. The summed E-state index contributed by atoms with van der Waals surface area (Å²) in [5.41, 5.74) is 1.24. The molecule has 0 aliphatic carbocycles. The number of amides is 2. The van der Waals surface area contributed by atoms with Crippen LogP contribution >= 0.6 is 11.3 Å². The summed E-state index contributed by atoms with van der Waals surface area (Å²) in [6.45, 7) is 11.3. The van der Waals surface area contributed by atoms with Gasteiger partial charge in [0, 0.05) is 41.7 Å². The lowest BCUT2D eigenvalue weighted by Crippen LogP contribution is -2.42. The summed E-state index contributed by atoms with van der Waals surface area (Å²) in [7, 11) is 0. The van der Waals surface area contributed by atoms with Crippen molar-refractivity contribution in [2.24, 2.45) is 0 Å². The lowest BCUT2D eigenvalue weighted by molar-refractivity contribution is 0.0933. The highest BCUT2D eigenvalue weighted by Gasteiger charge is 2.16. The van der Waals surface area contributed by atoms with Crippen molar-refractivity contribution in [1.82, 2.24) is 15.2 Å². The lowest BCUT2D eigenvalue weighted by Gasteiger charge is -2.30. The molecule has 0 fully saturated rings. The van der Waals surface area contributed by atoms with Crippen LogP contribution in [0.15, 0.2) is 29.6 Å². The molecule has 0 atom stereocenters. The Bertz CT molecular complexity index is 851. The quantitative estimate of drug-likeness (QED) is 0.611. The van der Waals surface area contributed by atoms with Crippen molar-refractivity contribution in [2.45, 2.75) is 46.7 Å². The molecule has 0 bridgehead atoms. The first-order valence-corrected chi connectivity index (χ1v) is 10.5. The summed E-state index contributed by atoms with van der Waals surface area (Å²) >= 11 is 1.19. The monoisotopic (exact) mass is 416 g/mol. The van der Waals surface area contributed by atoms with Gasteiger partial charge in [-0.3, -0.25) is 24.6 Å². The molecule has 29 heavy (non-hydrogen) atoms. The van der Waals surface area contributed by atoms with Crippen LogP contribution in [0.3, 0.4) is 0 Å². The first-order chi connectivity index (χ1) is 13.7.